The Bertz CT molecular complexity index is 229. The summed E-state index contributed by atoms with van der Waals surface area (Å²) in [6.07, 6.45) is 5.23. The lowest BCUT2D eigenvalue weighted by molar-refractivity contribution is -0.146. The van der Waals surface area contributed by atoms with Crippen LogP contribution in [0.25, 0.3) is 0 Å². The van der Waals surface area contributed by atoms with E-state index in [0.717, 1.165) is 12.5 Å². The van der Waals surface area contributed by atoms with Crippen LogP contribution in [0, 0.1) is 5.92 Å². The molecule has 1 saturated carbocycles. The SMILES string of the molecule is COC(=O)C(C)N1CCC2CCCC21. The molecule has 0 bridgehead atoms. The number of likely N-dealkylation sites (tertiary alicyclic amines) is 1. The lowest BCUT2D eigenvalue weighted by Gasteiger charge is -2.28. The van der Waals surface area contributed by atoms with Crippen LogP contribution in [0.15, 0.2) is 0 Å². The van der Waals surface area contributed by atoms with Gasteiger partial charge in [0.1, 0.15) is 6.04 Å². The van der Waals surface area contributed by atoms with E-state index in [2.05, 4.69) is 4.90 Å². The van der Waals surface area contributed by atoms with Gasteiger partial charge in [-0.2, -0.15) is 0 Å². The second kappa shape index (κ2) is 3.89. The van der Waals surface area contributed by atoms with E-state index in [-0.39, 0.29) is 12.0 Å². The van der Waals surface area contributed by atoms with Gasteiger partial charge < -0.3 is 4.74 Å². The zero-order valence-electron chi connectivity index (χ0n) is 9.03. The third kappa shape index (κ3) is 1.54. The summed E-state index contributed by atoms with van der Waals surface area (Å²) >= 11 is 0. The molecule has 0 amide bonds. The number of methoxy groups -OCH3 is 1. The summed E-state index contributed by atoms with van der Waals surface area (Å²) in [7, 11) is 1.47. The maximum atomic E-state index is 11.4. The highest BCUT2D eigenvalue weighted by molar-refractivity contribution is 5.75. The molecule has 0 aromatic carbocycles. The van der Waals surface area contributed by atoms with Gasteiger partial charge in [0, 0.05) is 6.04 Å². The largest absolute Gasteiger partial charge is 0.468 e. The molecule has 2 rings (SSSR count). The predicted molar refractivity (Wildman–Crippen MR) is 53.9 cm³/mol. The number of nitrogens with zero attached hydrogens (tertiary/aromatic N) is 1. The summed E-state index contributed by atoms with van der Waals surface area (Å²) in [5.41, 5.74) is 0. The van der Waals surface area contributed by atoms with Gasteiger partial charge in [-0.3, -0.25) is 9.69 Å². The average molecular weight is 197 g/mol. The van der Waals surface area contributed by atoms with E-state index in [0.29, 0.717) is 6.04 Å². The minimum Gasteiger partial charge on any atom is -0.468 e. The van der Waals surface area contributed by atoms with Crippen molar-refractivity contribution in [1.82, 2.24) is 4.90 Å². The Labute approximate surface area is 85.4 Å². The van der Waals surface area contributed by atoms with E-state index in [9.17, 15) is 4.79 Å². The first-order valence-electron chi connectivity index (χ1n) is 5.57. The van der Waals surface area contributed by atoms with Crippen molar-refractivity contribution < 1.29 is 9.53 Å². The fourth-order valence-electron chi connectivity index (χ4n) is 3.06. The molecular weight excluding hydrogens is 178 g/mol. The van der Waals surface area contributed by atoms with Gasteiger partial charge >= 0.3 is 5.97 Å². The molecule has 1 saturated heterocycles. The van der Waals surface area contributed by atoms with E-state index in [4.69, 9.17) is 4.74 Å². The summed E-state index contributed by atoms with van der Waals surface area (Å²) < 4.78 is 4.79. The maximum absolute atomic E-state index is 11.4. The summed E-state index contributed by atoms with van der Waals surface area (Å²) in [4.78, 5) is 13.8. The monoisotopic (exact) mass is 197 g/mol. The van der Waals surface area contributed by atoms with Gasteiger partial charge in [0.15, 0.2) is 0 Å². The van der Waals surface area contributed by atoms with Crippen LogP contribution in [0.3, 0.4) is 0 Å². The number of fused-ring (bicyclic) bond motifs is 1. The fourth-order valence-corrected chi connectivity index (χ4v) is 3.06. The van der Waals surface area contributed by atoms with Gasteiger partial charge in [-0.25, -0.2) is 0 Å². The molecule has 2 aliphatic rings. The van der Waals surface area contributed by atoms with Crippen LogP contribution in [0.2, 0.25) is 0 Å². The van der Waals surface area contributed by atoms with Gasteiger partial charge in [-0.05, 0) is 38.6 Å². The van der Waals surface area contributed by atoms with Crippen LogP contribution in [0.4, 0.5) is 0 Å². The van der Waals surface area contributed by atoms with Crippen LogP contribution in [-0.2, 0) is 9.53 Å². The quantitative estimate of drug-likeness (QED) is 0.627. The first-order valence-corrected chi connectivity index (χ1v) is 5.57. The first kappa shape index (κ1) is 9.97. The molecule has 14 heavy (non-hydrogen) atoms. The molecule has 0 N–H and O–H groups in total. The van der Waals surface area contributed by atoms with E-state index >= 15 is 0 Å². The van der Waals surface area contributed by atoms with E-state index in [1.54, 1.807) is 0 Å². The third-order valence-corrected chi connectivity index (χ3v) is 3.84. The van der Waals surface area contributed by atoms with E-state index < -0.39 is 0 Å². The molecule has 0 radical (unpaired) electrons. The Balaban J connectivity index is 2.01. The first-order chi connectivity index (χ1) is 6.74. The summed E-state index contributed by atoms with van der Waals surface area (Å²) in [5, 5.41) is 0. The summed E-state index contributed by atoms with van der Waals surface area (Å²) in [5.74, 6) is 0.764. The van der Waals surface area contributed by atoms with Crippen molar-refractivity contribution in [2.45, 2.75) is 44.7 Å². The van der Waals surface area contributed by atoms with Crippen molar-refractivity contribution in [3.8, 4) is 0 Å². The molecule has 1 heterocycles. The van der Waals surface area contributed by atoms with Gasteiger partial charge in [0.2, 0.25) is 0 Å². The second-order valence-electron chi connectivity index (χ2n) is 4.48. The number of esters is 1. The van der Waals surface area contributed by atoms with Gasteiger partial charge in [-0.15, -0.1) is 0 Å². The highest BCUT2D eigenvalue weighted by atomic mass is 16.5. The maximum Gasteiger partial charge on any atom is 0.322 e. The number of hydrogen-bond donors (Lipinski definition) is 0. The van der Waals surface area contributed by atoms with Crippen LogP contribution >= 0.6 is 0 Å². The van der Waals surface area contributed by atoms with Crippen molar-refractivity contribution in [3.63, 3.8) is 0 Å². The summed E-state index contributed by atoms with van der Waals surface area (Å²) in [6, 6.07) is 0.609. The number of carbonyl (C=O) groups excluding carboxylic acids is 1. The molecule has 3 nitrogen and oxygen atoms in total. The van der Waals surface area contributed by atoms with E-state index in [1.165, 1.54) is 32.8 Å². The zero-order chi connectivity index (χ0) is 10.1. The topological polar surface area (TPSA) is 29.5 Å². The van der Waals surface area contributed by atoms with Crippen LogP contribution in [-0.4, -0.2) is 36.6 Å². The second-order valence-corrected chi connectivity index (χ2v) is 4.48. The molecule has 0 spiro atoms. The lowest BCUT2D eigenvalue weighted by Crippen LogP contribution is -2.43. The smallest absolute Gasteiger partial charge is 0.322 e. The Kier molecular flexibility index (Phi) is 2.77. The van der Waals surface area contributed by atoms with Gasteiger partial charge in [0.05, 0.1) is 7.11 Å². The third-order valence-electron chi connectivity index (χ3n) is 3.84. The Hall–Kier alpha value is -0.570. The Morgan fingerprint density at radius 2 is 2.21 bits per heavy atom. The predicted octanol–water partition coefficient (Wildman–Crippen LogP) is 1.42. The van der Waals surface area contributed by atoms with Crippen molar-refractivity contribution in [2.24, 2.45) is 5.92 Å². The van der Waals surface area contributed by atoms with Crippen molar-refractivity contribution in [2.75, 3.05) is 13.7 Å². The standard InChI is InChI=1S/C11H19NO2/c1-8(11(13)14-2)12-7-6-9-4-3-5-10(9)12/h8-10H,3-7H2,1-2H3. The molecule has 3 unspecified atom stereocenters. The molecule has 2 fully saturated rings. The van der Waals surface area contributed by atoms with Gasteiger partial charge in [0.25, 0.3) is 0 Å². The van der Waals surface area contributed by atoms with E-state index in [1.807, 2.05) is 6.92 Å². The zero-order valence-corrected chi connectivity index (χ0v) is 9.03. The lowest BCUT2D eigenvalue weighted by atomic mass is 10.0. The van der Waals surface area contributed by atoms with Crippen molar-refractivity contribution in [1.29, 1.82) is 0 Å². The molecular formula is C11H19NO2. The number of ether oxygens (including phenoxy) is 1. The molecule has 3 atom stereocenters. The van der Waals surface area contributed by atoms with Crippen molar-refractivity contribution >= 4 is 5.97 Å². The highest BCUT2D eigenvalue weighted by Crippen LogP contribution is 2.38. The minimum atomic E-state index is -0.0856. The summed E-state index contributed by atoms with van der Waals surface area (Å²) in [6.45, 7) is 3.04. The highest BCUT2D eigenvalue weighted by Gasteiger charge is 2.41. The molecule has 80 valence electrons. The van der Waals surface area contributed by atoms with Crippen LogP contribution < -0.4 is 0 Å². The Morgan fingerprint density at radius 3 is 2.93 bits per heavy atom. The normalized spacial score (nSPS) is 34.1. The minimum absolute atomic E-state index is 0.0481. The van der Waals surface area contributed by atoms with Crippen molar-refractivity contribution in [3.05, 3.63) is 0 Å². The molecule has 1 aliphatic heterocycles. The molecule has 0 aromatic rings. The van der Waals surface area contributed by atoms with Crippen LogP contribution in [0.5, 0.6) is 0 Å². The van der Waals surface area contributed by atoms with Crippen LogP contribution in [0.1, 0.15) is 32.6 Å². The molecule has 1 aliphatic carbocycles. The van der Waals surface area contributed by atoms with Gasteiger partial charge in [-0.1, -0.05) is 6.42 Å². The molecule has 3 heteroatoms. The molecule has 0 aromatic heterocycles. The number of rotatable bonds is 2. The Morgan fingerprint density at radius 1 is 1.43 bits per heavy atom. The average Bonchev–Trinajstić information content (AvgIpc) is 2.76. The number of carbonyl (C=O) groups is 1. The number of hydrogen-bond acceptors (Lipinski definition) is 3. The fraction of sp³-hybridized carbons (Fsp3) is 0.909.